The van der Waals surface area contributed by atoms with Crippen LogP contribution >= 0.6 is 0 Å². The highest BCUT2D eigenvalue weighted by Crippen LogP contribution is 2.31. The largest absolute Gasteiger partial charge is 0.497 e. The van der Waals surface area contributed by atoms with E-state index in [1.54, 1.807) is 43.5 Å². The Labute approximate surface area is 139 Å². The van der Waals surface area contributed by atoms with Gasteiger partial charge in [-0.2, -0.15) is 0 Å². The quantitative estimate of drug-likeness (QED) is 0.880. The van der Waals surface area contributed by atoms with Crippen molar-refractivity contribution in [2.24, 2.45) is 0 Å². The van der Waals surface area contributed by atoms with Crippen LogP contribution in [0.15, 0.2) is 48.0 Å². The molecule has 1 aliphatic rings. The van der Waals surface area contributed by atoms with Gasteiger partial charge in [0.2, 0.25) is 5.91 Å². The summed E-state index contributed by atoms with van der Waals surface area (Å²) in [7, 11) is 1.56. The summed E-state index contributed by atoms with van der Waals surface area (Å²) in [4.78, 5) is 23.7. The second-order valence-electron chi connectivity index (χ2n) is 5.45. The zero-order chi connectivity index (χ0) is 17.1. The molecule has 0 spiro atoms. The van der Waals surface area contributed by atoms with E-state index in [4.69, 9.17) is 9.47 Å². The normalized spacial score (nSPS) is 14.8. The summed E-state index contributed by atoms with van der Waals surface area (Å²) >= 11 is 0. The van der Waals surface area contributed by atoms with E-state index in [1.165, 1.54) is 6.92 Å². The highest BCUT2D eigenvalue weighted by molar-refractivity contribution is 6.14. The molecule has 1 heterocycles. The minimum atomic E-state index is -0.123. The Morgan fingerprint density at radius 1 is 1.21 bits per heavy atom. The first-order valence-electron chi connectivity index (χ1n) is 7.50. The van der Waals surface area contributed by atoms with Gasteiger partial charge in [0, 0.05) is 18.2 Å². The molecule has 1 aliphatic heterocycles. The van der Waals surface area contributed by atoms with Crippen LogP contribution in [0.2, 0.25) is 0 Å². The van der Waals surface area contributed by atoms with Crippen molar-refractivity contribution in [1.82, 2.24) is 0 Å². The molecule has 3 rings (SSSR count). The van der Waals surface area contributed by atoms with E-state index >= 15 is 0 Å². The van der Waals surface area contributed by atoms with Gasteiger partial charge in [0.05, 0.1) is 12.7 Å². The van der Waals surface area contributed by atoms with Crippen molar-refractivity contribution in [2.45, 2.75) is 6.92 Å². The Bertz CT molecular complexity index is 822. The predicted molar refractivity (Wildman–Crippen MR) is 91.5 cm³/mol. The van der Waals surface area contributed by atoms with Crippen LogP contribution in [0, 0.1) is 0 Å². The third-order valence-corrected chi connectivity index (χ3v) is 3.68. The number of amides is 1. The lowest BCUT2D eigenvalue weighted by atomic mass is 9.98. The Hall–Kier alpha value is -3.08. The number of hydrogen-bond donors (Lipinski definition) is 1. The topological polar surface area (TPSA) is 64.6 Å². The molecule has 1 N–H and O–H groups in total. The summed E-state index contributed by atoms with van der Waals surface area (Å²) in [5, 5.41) is 2.70. The fourth-order valence-corrected chi connectivity index (χ4v) is 2.51. The van der Waals surface area contributed by atoms with Crippen LogP contribution in [-0.2, 0) is 4.79 Å². The summed E-state index contributed by atoms with van der Waals surface area (Å²) in [5.74, 6) is 0.995. The van der Waals surface area contributed by atoms with Crippen molar-refractivity contribution >= 4 is 23.5 Å². The van der Waals surface area contributed by atoms with Crippen molar-refractivity contribution in [3.8, 4) is 11.5 Å². The van der Waals surface area contributed by atoms with E-state index in [-0.39, 0.29) is 18.3 Å². The molecule has 0 aromatic heterocycles. The maximum Gasteiger partial charge on any atom is 0.221 e. The van der Waals surface area contributed by atoms with Gasteiger partial charge in [0.1, 0.15) is 18.1 Å². The number of methoxy groups -OCH3 is 1. The molecule has 2 aromatic rings. The Balaban J connectivity index is 1.85. The maximum absolute atomic E-state index is 12.6. The van der Waals surface area contributed by atoms with Gasteiger partial charge >= 0.3 is 0 Å². The third-order valence-electron chi connectivity index (χ3n) is 3.68. The van der Waals surface area contributed by atoms with Crippen LogP contribution in [0.1, 0.15) is 22.8 Å². The zero-order valence-corrected chi connectivity index (χ0v) is 13.5. The standard InChI is InChI=1S/C19H17NO4/c1-12(21)20-15-5-3-13(4-6-15)9-14-11-24-18-8-7-16(23-2)10-17(18)19(14)22/h3-10H,11H2,1-2H3,(H,20,21)/b14-9+. The summed E-state index contributed by atoms with van der Waals surface area (Å²) in [6.07, 6.45) is 1.79. The van der Waals surface area contributed by atoms with Crippen molar-refractivity contribution < 1.29 is 19.1 Å². The molecule has 0 radical (unpaired) electrons. The predicted octanol–water partition coefficient (Wildman–Crippen LogP) is 3.31. The fraction of sp³-hybridized carbons (Fsp3) is 0.158. The SMILES string of the molecule is COc1ccc2c(c1)C(=O)/C(=C/c1ccc(NC(C)=O)cc1)CO2. The lowest BCUT2D eigenvalue weighted by Gasteiger charge is -2.19. The third kappa shape index (κ3) is 3.30. The second kappa shape index (κ2) is 6.58. The lowest BCUT2D eigenvalue weighted by molar-refractivity contribution is -0.114. The van der Waals surface area contributed by atoms with Crippen LogP contribution in [0.4, 0.5) is 5.69 Å². The minimum Gasteiger partial charge on any atom is -0.497 e. The van der Waals surface area contributed by atoms with Gasteiger partial charge in [0.25, 0.3) is 0 Å². The molecule has 0 atom stereocenters. The number of carbonyl (C=O) groups excluding carboxylic acids is 2. The van der Waals surface area contributed by atoms with Gasteiger partial charge in [-0.3, -0.25) is 9.59 Å². The second-order valence-corrected chi connectivity index (χ2v) is 5.45. The molecule has 5 nitrogen and oxygen atoms in total. The Kier molecular flexibility index (Phi) is 4.33. The van der Waals surface area contributed by atoms with Crippen LogP contribution in [0.3, 0.4) is 0 Å². The summed E-state index contributed by atoms with van der Waals surface area (Å²) in [6, 6.07) is 12.5. The van der Waals surface area contributed by atoms with Gasteiger partial charge in [-0.1, -0.05) is 12.1 Å². The first-order valence-corrected chi connectivity index (χ1v) is 7.50. The summed E-state index contributed by atoms with van der Waals surface area (Å²) in [5.41, 5.74) is 2.65. The number of nitrogens with one attached hydrogen (secondary N) is 1. The number of hydrogen-bond acceptors (Lipinski definition) is 4. The molecule has 0 fully saturated rings. The maximum atomic E-state index is 12.6. The molecule has 0 bridgehead atoms. The molecular formula is C19H17NO4. The minimum absolute atomic E-state index is 0.0684. The van der Waals surface area contributed by atoms with E-state index in [0.717, 1.165) is 5.56 Å². The number of ether oxygens (including phenoxy) is 2. The number of anilines is 1. The first kappa shape index (κ1) is 15.8. The van der Waals surface area contributed by atoms with Crippen LogP contribution in [0.25, 0.3) is 6.08 Å². The van der Waals surface area contributed by atoms with E-state index in [0.29, 0.717) is 28.3 Å². The van der Waals surface area contributed by atoms with Gasteiger partial charge in [-0.25, -0.2) is 0 Å². The number of carbonyl (C=O) groups is 2. The summed E-state index contributed by atoms with van der Waals surface area (Å²) < 4.78 is 10.8. The molecular weight excluding hydrogens is 306 g/mol. The van der Waals surface area contributed by atoms with Crippen molar-refractivity contribution in [3.63, 3.8) is 0 Å². The fourth-order valence-electron chi connectivity index (χ4n) is 2.51. The highest BCUT2D eigenvalue weighted by atomic mass is 16.5. The number of rotatable bonds is 3. The molecule has 0 saturated carbocycles. The lowest BCUT2D eigenvalue weighted by Crippen LogP contribution is -2.19. The molecule has 24 heavy (non-hydrogen) atoms. The molecule has 1 amide bonds. The molecule has 5 heteroatoms. The smallest absolute Gasteiger partial charge is 0.221 e. The Morgan fingerprint density at radius 3 is 2.62 bits per heavy atom. The zero-order valence-electron chi connectivity index (χ0n) is 13.5. The monoisotopic (exact) mass is 323 g/mol. The van der Waals surface area contributed by atoms with Gasteiger partial charge in [0.15, 0.2) is 5.78 Å². The average molecular weight is 323 g/mol. The average Bonchev–Trinajstić information content (AvgIpc) is 2.58. The van der Waals surface area contributed by atoms with Gasteiger partial charge in [-0.05, 0) is 42.0 Å². The van der Waals surface area contributed by atoms with Crippen molar-refractivity contribution in [3.05, 3.63) is 59.2 Å². The summed E-state index contributed by atoms with van der Waals surface area (Å²) in [6.45, 7) is 1.69. The van der Waals surface area contributed by atoms with E-state index in [1.807, 2.05) is 12.1 Å². The molecule has 0 unspecified atom stereocenters. The number of fused-ring (bicyclic) bond motifs is 1. The van der Waals surface area contributed by atoms with Gasteiger partial charge < -0.3 is 14.8 Å². The number of Topliss-reactive ketones (excluding diaryl/α,β-unsaturated/α-hetero) is 1. The van der Waals surface area contributed by atoms with Crippen LogP contribution in [-0.4, -0.2) is 25.4 Å². The van der Waals surface area contributed by atoms with Gasteiger partial charge in [-0.15, -0.1) is 0 Å². The highest BCUT2D eigenvalue weighted by Gasteiger charge is 2.23. The van der Waals surface area contributed by atoms with Crippen LogP contribution < -0.4 is 14.8 Å². The molecule has 2 aromatic carbocycles. The number of benzene rings is 2. The van der Waals surface area contributed by atoms with E-state index in [2.05, 4.69) is 5.32 Å². The first-order chi connectivity index (χ1) is 11.6. The molecule has 0 aliphatic carbocycles. The van der Waals surface area contributed by atoms with E-state index < -0.39 is 0 Å². The van der Waals surface area contributed by atoms with Crippen LogP contribution in [0.5, 0.6) is 11.5 Å². The Morgan fingerprint density at radius 2 is 1.96 bits per heavy atom. The van der Waals surface area contributed by atoms with Crippen molar-refractivity contribution in [1.29, 1.82) is 0 Å². The van der Waals surface area contributed by atoms with E-state index in [9.17, 15) is 9.59 Å². The molecule has 0 saturated heterocycles. The molecule has 122 valence electrons. The van der Waals surface area contributed by atoms with Crippen molar-refractivity contribution in [2.75, 3.05) is 19.0 Å². The number of ketones is 1.